The molecular weight excluding hydrogens is 302 g/mol. The van der Waals surface area contributed by atoms with Crippen molar-refractivity contribution in [2.75, 3.05) is 6.79 Å². The van der Waals surface area contributed by atoms with Gasteiger partial charge in [0.05, 0.1) is 24.0 Å². The fourth-order valence-corrected chi connectivity index (χ4v) is 3.68. The van der Waals surface area contributed by atoms with Crippen LogP contribution in [0.3, 0.4) is 0 Å². The summed E-state index contributed by atoms with van der Waals surface area (Å²) < 4.78 is 16.2. The van der Waals surface area contributed by atoms with Crippen molar-refractivity contribution in [2.45, 2.75) is 31.6 Å². The lowest BCUT2D eigenvalue weighted by molar-refractivity contribution is -0.147. The van der Waals surface area contributed by atoms with Gasteiger partial charge in [-0.25, -0.2) is 0 Å². The second-order valence-corrected chi connectivity index (χ2v) is 6.09. The molecule has 0 radical (unpaired) electrons. The Morgan fingerprint density at radius 3 is 2.65 bits per heavy atom. The Morgan fingerprint density at radius 2 is 1.87 bits per heavy atom. The number of rotatable bonds is 4. The van der Waals surface area contributed by atoms with Gasteiger partial charge in [-0.1, -0.05) is 6.07 Å². The van der Waals surface area contributed by atoms with Crippen molar-refractivity contribution in [3.8, 4) is 11.5 Å². The number of nitrogens with one attached hydrogen (secondary N) is 1. The van der Waals surface area contributed by atoms with Crippen LogP contribution in [-0.4, -0.2) is 36.0 Å². The summed E-state index contributed by atoms with van der Waals surface area (Å²) in [7, 11) is 0. The molecule has 122 valence electrons. The number of hydrogen-bond donors (Lipinski definition) is 2. The molecule has 0 unspecified atom stereocenters. The van der Waals surface area contributed by atoms with Crippen molar-refractivity contribution >= 4 is 11.9 Å². The van der Waals surface area contributed by atoms with Crippen molar-refractivity contribution in [3.63, 3.8) is 0 Å². The van der Waals surface area contributed by atoms with Gasteiger partial charge in [-0.05, 0) is 30.5 Å². The highest BCUT2D eigenvalue weighted by atomic mass is 16.7. The fraction of sp³-hybridized carbons (Fsp3) is 0.500. The molecule has 0 spiro atoms. The van der Waals surface area contributed by atoms with Crippen molar-refractivity contribution in [3.05, 3.63) is 23.8 Å². The maximum atomic E-state index is 12.4. The number of fused-ring (bicyclic) bond motifs is 3. The largest absolute Gasteiger partial charge is 0.481 e. The maximum absolute atomic E-state index is 12.4. The van der Waals surface area contributed by atoms with Crippen LogP contribution < -0.4 is 14.8 Å². The number of benzene rings is 1. The number of amides is 1. The monoisotopic (exact) mass is 319 g/mol. The van der Waals surface area contributed by atoms with Crippen molar-refractivity contribution in [2.24, 2.45) is 11.8 Å². The van der Waals surface area contributed by atoms with E-state index >= 15 is 0 Å². The number of carbonyl (C=O) groups excluding carboxylic acids is 1. The van der Waals surface area contributed by atoms with Crippen LogP contribution in [-0.2, 0) is 20.9 Å². The van der Waals surface area contributed by atoms with E-state index in [9.17, 15) is 14.7 Å². The molecule has 3 aliphatic rings. The van der Waals surface area contributed by atoms with Crippen LogP contribution in [0, 0.1) is 11.8 Å². The zero-order valence-corrected chi connectivity index (χ0v) is 12.4. The van der Waals surface area contributed by atoms with Gasteiger partial charge in [0.25, 0.3) is 0 Å². The zero-order chi connectivity index (χ0) is 16.0. The minimum absolute atomic E-state index is 0.202. The van der Waals surface area contributed by atoms with Crippen LogP contribution >= 0.6 is 0 Å². The van der Waals surface area contributed by atoms with Crippen LogP contribution in [0.1, 0.15) is 18.4 Å². The predicted molar refractivity (Wildman–Crippen MR) is 76.9 cm³/mol. The third-order valence-corrected chi connectivity index (χ3v) is 4.76. The number of carbonyl (C=O) groups is 2. The van der Waals surface area contributed by atoms with E-state index in [-0.39, 0.29) is 24.9 Å². The first-order chi connectivity index (χ1) is 11.1. The van der Waals surface area contributed by atoms with Gasteiger partial charge in [0, 0.05) is 6.54 Å². The van der Waals surface area contributed by atoms with Crippen molar-refractivity contribution < 1.29 is 28.9 Å². The third-order valence-electron chi connectivity index (χ3n) is 4.76. The van der Waals surface area contributed by atoms with Gasteiger partial charge in [0.1, 0.15) is 0 Å². The smallest absolute Gasteiger partial charge is 0.310 e. The highest BCUT2D eigenvalue weighted by Crippen LogP contribution is 2.43. The second kappa shape index (κ2) is 5.42. The first kappa shape index (κ1) is 14.3. The quantitative estimate of drug-likeness (QED) is 0.857. The number of carboxylic acids is 1. The summed E-state index contributed by atoms with van der Waals surface area (Å²) in [5.74, 6) is -1.23. The molecule has 2 bridgehead atoms. The Kier molecular flexibility index (Phi) is 3.37. The molecule has 2 saturated heterocycles. The molecular formula is C16H17NO6. The number of ether oxygens (including phenoxy) is 3. The van der Waals surface area contributed by atoms with E-state index in [1.807, 2.05) is 12.1 Å². The summed E-state index contributed by atoms with van der Waals surface area (Å²) in [6.07, 6.45) is 0.848. The molecule has 0 saturated carbocycles. The van der Waals surface area contributed by atoms with E-state index in [1.165, 1.54) is 0 Å². The van der Waals surface area contributed by atoms with Crippen LogP contribution in [0.5, 0.6) is 11.5 Å². The Morgan fingerprint density at radius 1 is 1.13 bits per heavy atom. The van der Waals surface area contributed by atoms with E-state index < -0.39 is 17.8 Å². The second-order valence-electron chi connectivity index (χ2n) is 6.09. The SMILES string of the molecule is O=C(O)[C@@H]1[C@H](C(=O)NCc2ccc3c(c2)OCO3)[C@H]2CC[C@H]1O2. The molecule has 0 aliphatic carbocycles. The molecule has 0 aromatic heterocycles. The lowest BCUT2D eigenvalue weighted by atomic mass is 9.78. The van der Waals surface area contributed by atoms with E-state index in [2.05, 4.69) is 5.32 Å². The van der Waals surface area contributed by atoms with Crippen LogP contribution in [0.25, 0.3) is 0 Å². The standard InChI is InChI=1S/C16H17NO6/c18-15(13-10-3-4-11(23-10)14(13)16(19)20)17-6-8-1-2-9-12(5-8)22-7-21-9/h1-2,5,10-11,13-14H,3-4,6-7H2,(H,17,18)(H,19,20)/t10-,11-,13-,14+/m1/s1. The van der Waals surface area contributed by atoms with E-state index in [0.717, 1.165) is 12.0 Å². The molecule has 23 heavy (non-hydrogen) atoms. The summed E-state index contributed by atoms with van der Waals surface area (Å²) in [6, 6.07) is 5.46. The summed E-state index contributed by atoms with van der Waals surface area (Å²) >= 11 is 0. The lowest BCUT2D eigenvalue weighted by Crippen LogP contribution is -2.43. The van der Waals surface area contributed by atoms with Crippen molar-refractivity contribution in [1.82, 2.24) is 5.32 Å². The van der Waals surface area contributed by atoms with Gasteiger partial charge >= 0.3 is 5.97 Å². The Bertz CT molecular complexity index is 660. The van der Waals surface area contributed by atoms with Gasteiger partial charge in [0.2, 0.25) is 12.7 Å². The average Bonchev–Trinajstić information content (AvgIpc) is 3.25. The van der Waals surface area contributed by atoms with Gasteiger partial charge in [-0.3, -0.25) is 9.59 Å². The first-order valence-corrected chi connectivity index (χ1v) is 7.68. The summed E-state index contributed by atoms with van der Waals surface area (Å²) in [6.45, 7) is 0.517. The average molecular weight is 319 g/mol. The van der Waals surface area contributed by atoms with E-state index in [1.54, 1.807) is 6.07 Å². The van der Waals surface area contributed by atoms with Crippen LogP contribution in [0.15, 0.2) is 18.2 Å². The van der Waals surface area contributed by atoms with Gasteiger partial charge in [0.15, 0.2) is 11.5 Å². The molecule has 1 aromatic rings. The Hall–Kier alpha value is -2.28. The molecule has 1 aromatic carbocycles. The van der Waals surface area contributed by atoms with Gasteiger partial charge < -0.3 is 24.6 Å². The third kappa shape index (κ3) is 2.41. The normalized spacial score (nSPS) is 30.4. The fourth-order valence-electron chi connectivity index (χ4n) is 3.68. The minimum atomic E-state index is -0.958. The topological polar surface area (TPSA) is 94.1 Å². The molecule has 2 N–H and O–H groups in total. The minimum Gasteiger partial charge on any atom is -0.481 e. The highest BCUT2D eigenvalue weighted by molar-refractivity contribution is 5.86. The summed E-state index contributed by atoms with van der Waals surface area (Å²) in [4.78, 5) is 23.9. The number of hydrogen-bond acceptors (Lipinski definition) is 5. The molecule has 2 fully saturated rings. The number of carboxylic acid groups (broad SMARTS) is 1. The van der Waals surface area contributed by atoms with Crippen LogP contribution in [0.2, 0.25) is 0 Å². The van der Waals surface area contributed by atoms with Crippen molar-refractivity contribution in [1.29, 1.82) is 0 Å². The molecule has 4 atom stereocenters. The maximum Gasteiger partial charge on any atom is 0.310 e. The molecule has 3 heterocycles. The number of aliphatic carboxylic acids is 1. The Labute approximate surface area is 132 Å². The molecule has 7 nitrogen and oxygen atoms in total. The van der Waals surface area contributed by atoms with Gasteiger partial charge in [-0.2, -0.15) is 0 Å². The van der Waals surface area contributed by atoms with E-state index in [4.69, 9.17) is 14.2 Å². The molecule has 4 rings (SSSR count). The molecule has 3 aliphatic heterocycles. The molecule has 7 heteroatoms. The van der Waals surface area contributed by atoms with Gasteiger partial charge in [-0.15, -0.1) is 0 Å². The van der Waals surface area contributed by atoms with E-state index in [0.29, 0.717) is 24.5 Å². The summed E-state index contributed by atoms with van der Waals surface area (Å²) in [5.41, 5.74) is 0.874. The predicted octanol–water partition coefficient (Wildman–Crippen LogP) is 0.910. The first-order valence-electron chi connectivity index (χ1n) is 7.68. The molecule has 1 amide bonds. The van der Waals surface area contributed by atoms with Crippen LogP contribution in [0.4, 0.5) is 0 Å². The highest BCUT2D eigenvalue weighted by Gasteiger charge is 2.55. The zero-order valence-electron chi connectivity index (χ0n) is 12.4. The Balaban J connectivity index is 1.43. The summed E-state index contributed by atoms with van der Waals surface area (Å²) in [5, 5.41) is 12.2. The lowest BCUT2D eigenvalue weighted by Gasteiger charge is -2.23.